The van der Waals surface area contributed by atoms with Crippen LogP contribution in [0.5, 0.6) is 0 Å². The van der Waals surface area contributed by atoms with Crippen molar-refractivity contribution in [3.8, 4) is 0 Å². The number of hydrogen-bond donors (Lipinski definition) is 2. The van der Waals surface area contributed by atoms with Gasteiger partial charge in [0.2, 0.25) is 5.91 Å². The average molecular weight is 297 g/mol. The van der Waals surface area contributed by atoms with E-state index in [1.165, 1.54) is 11.3 Å². The summed E-state index contributed by atoms with van der Waals surface area (Å²) in [5, 5.41) is 14.1. The van der Waals surface area contributed by atoms with Gasteiger partial charge in [-0.3, -0.25) is 14.5 Å². The molecule has 1 saturated carbocycles. The van der Waals surface area contributed by atoms with Crippen molar-refractivity contribution in [1.82, 2.24) is 9.88 Å². The van der Waals surface area contributed by atoms with E-state index in [4.69, 9.17) is 5.11 Å². The molecule has 20 heavy (non-hydrogen) atoms. The quantitative estimate of drug-likeness (QED) is 0.835. The Kier molecular flexibility index (Phi) is 5.08. The van der Waals surface area contributed by atoms with E-state index in [-0.39, 0.29) is 25.0 Å². The van der Waals surface area contributed by atoms with Crippen LogP contribution in [0.25, 0.3) is 0 Å². The SMILES string of the molecule is Cc1csc(NC(=O)CN(CC(=O)O)C2CCCC2)n1. The minimum atomic E-state index is -0.894. The van der Waals surface area contributed by atoms with Crippen molar-refractivity contribution in [2.75, 3.05) is 18.4 Å². The van der Waals surface area contributed by atoms with E-state index in [0.717, 1.165) is 31.4 Å². The molecule has 0 unspecified atom stereocenters. The first-order valence-electron chi connectivity index (χ1n) is 6.72. The fourth-order valence-corrected chi connectivity index (χ4v) is 3.22. The monoisotopic (exact) mass is 297 g/mol. The number of thiazole rings is 1. The maximum absolute atomic E-state index is 12.0. The van der Waals surface area contributed by atoms with Gasteiger partial charge in [0.15, 0.2) is 5.13 Å². The van der Waals surface area contributed by atoms with Crippen LogP contribution in [0.2, 0.25) is 0 Å². The van der Waals surface area contributed by atoms with Crippen molar-refractivity contribution < 1.29 is 14.7 Å². The third-order valence-corrected chi connectivity index (χ3v) is 4.27. The number of carbonyl (C=O) groups is 2. The maximum atomic E-state index is 12.0. The van der Waals surface area contributed by atoms with Gasteiger partial charge in [0.1, 0.15) is 0 Å². The van der Waals surface area contributed by atoms with Crippen molar-refractivity contribution in [3.05, 3.63) is 11.1 Å². The smallest absolute Gasteiger partial charge is 0.317 e. The van der Waals surface area contributed by atoms with Crippen LogP contribution in [0.4, 0.5) is 5.13 Å². The van der Waals surface area contributed by atoms with Crippen molar-refractivity contribution in [1.29, 1.82) is 0 Å². The molecule has 0 saturated heterocycles. The van der Waals surface area contributed by atoms with Gasteiger partial charge < -0.3 is 10.4 Å². The van der Waals surface area contributed by atoms with E-state index < -0.39 is 5.97 Å². The molecule has 1 amide bonds. The standard InChI is InChI=1S/C13H19N3O3S/c1-9-8-20-13(14-9)15-11(17)6-16(7-12(18)19)10-4-2-3-5-10/h8,10H,2-7H2,1H3,(H,18,19)(H,14,15,17). The first-order valence-corrected chi connectivity index (χ1v) is 7.60. The number of carboxylic acid groups (broad SMARTS) is 1. The number of hydrogen-bond acceptors (Lipinski definition) is 5. The molecular formula is C13H19N3O3S. The Bertz CT molecular complexity index is 483. The zero-order chi connectivity index (χ0) is 14.5. The molecule has 0 radical (unpaired) electrons. The second-order valence-corrected chi connectivity index (χ2v) is 5.94. The van der Waals surface area contributed by atoms with Gasteiger partial charge in [0, 0.05) is 11.4 Å². The fourth-order valence-electron chi connectivity index (χ4n) is 2.51. The van der Waals surface area contributed by atoms with Crippen LogP contribution in [-0.4, -0.2) is 46.0 Å². The number of nitrogens with one attached hydrogen (secondary N) is 1. The van der Waals surface area contributed by atoms with Crippen molar-refractivity contribution in [3.63, 3.8) is 0 Å². The van der Waals surface area contributed by atoms with Crippen LogP contribution in [0.1, 0.15) is 31.4 Å². The summed E-state index contributed by atoms with van der Waals surface area (Å²) in [6.45, 7) is 1.88. The molecule has 7 heteroatoms. The molecule has 1 fully saturated rings. The summed E-state index contributed by atoms with van der Waals surface area (Å²) in [5.41, 5.74) is 0.864. The molecule has 0 aliphatic heterocycles. The highest BCUT2D eigenvalue weighted by Crippen LogP contribution is 2.23. The van der Waals surface area contributed by atoms with Crippen LogP contribution < -0.4 is 5.32 Å². The molecule has 2 rings (SSSR count). The Morgan fingerprint density at radius 1 is 1.45 bits per heavy atom. The van der Waals surface area contributed by atoms with Gasteiger partial charge in [-0.05, 0) is 19.8 Å². The van der Waals surface area contributed by atoms with Crippen molar-refractivity contribution >= 4 is 28.3 Å². The minimum absolute atomic E-state index is 0.0883. The van der Waals surface area contributed by atoms with E-state index in [2.05, 4.69) is 10.3 Å². The Morgan fingerprint density at radius 2 is 2.15 bits per heavy atom. The van der Waals surface area contributed by atoms with E-state index in [0.29, 0.717) is 5.13 Å². The number of carbonyl (C=O) groups excluding carboxylic acids is 1. The number of carboxylic acids is 1. The highest BCUT2D eigenvalue weighted by Gasteiger charge is 2.26. The van der Waals surface area contributed by atoms with E-state index in [1.807, 2.05) is 12.3 Å². The number of rotatable bonds is 6. The molecule has 110 valence electrons. The predicted octanol–water partition coefficient (Wildman–Crippen LogP) is 1.72. The molecular weight excluding hydrogens is 278 g/mol. The minimum Gasteiger partial charge on any atom is -0.480 e. The third kappa shape index (κ3) is 4.28. The Morgan fingerprint density at radius 3 is 2.70 bits per heavy atom. The number of anilines is 1. The topological polar surface area (TPSA) is 82.5 Å². The molecule has 1 heterocycles. The Balaban J connectivity index is 1.92. The van der Waals surface area contributed by atoms with Gasteiger partial charge in [0.25, 0.3) is 0 Å². The van der Waals surface area contributed by atoms with Gasteiger partial charge >= 0.3 is 5.97 Å². The second-order valence-electron chi connectivity index (χ2n) is 5.08. The van der Waals surface area contributed by atoms with E-state index >= 15 is 0 Å². The highest BCUT2D eigenvalue weighted by atomic mass is 32.1. The number of aromatic nitrogens is 1. The summed E-state index contributed by atoms with van der Waals surface area (Å²) in [7, 11) is 0. The van der Waals surface area contributed by atoms with Crippen molar-refractivity contribution in [2.24, 2.45) is 0 Å². The second kappa shape index (κ2) is 6.81. The molecule has 0 spiro atoms. The zero-order valence-electron chi connectivity index (χ0n) is 11.5. The molecule has 1 aliphatic carbocycles. The summed E-state index contributed by atoms with van der Waals surface area (Å²) in [6.07, 6.45) is 4.15. The van der Waals surface area contributed by atoms with Gasteiger partial charge in [-0.25, -0.2) is 4.98 Å². The number of aryl methyl sites for hydroxylation is 1. The van der Waals surface area contributed by atoms with E-state index in [9.17, 15) is 9.59 Å². The first kappa shape index (κ1) is 14.9. The van der Waals surface area contributed by atoms with Gasteiger partial charge in [-0.1, -0.05) is 12.8 Å². The van der Waals surface area contributed by atoms with Crippen LogP contribution in [0.3, 0.4) is 0 Å². The summed E-state index contributed by atoms with van der Waals surface area (Å²) < 4.78 is 0. The lowest BCUT2D eigenvalue weighted by molar-refractivity contribution is -0.139. The summed E-state index contributed by atoms with van der Waals surface area (Å²) >= 11 is 1.37. The summed E-state index contributed by atoms with van der Waals surface area (Å²) in [5.74, 6) is -1.10. The summed E-state index contributed by atoms with van der Waals surface area (Å²) in [6, 6.07) is 0.204. The molecule has 6 nitrogen and oxygen atoms in total. The molecule has 2 N–H and O–H groups in total. The van der Waals surface area contributed by atoms with Gasteiger partial charge in [0.05, 0.1) is 18.8 Å². The molecule has 0 aromatic carbocycles. The van der Waals surface area contributed by atoms with Crippen LogP contribution >= 0.6 is 11.3 Å². The number of amides is 1. The maximum Gasteiger partial charge on any atom is 0.317 e. The Hall–Kier alpha value is -1.47. The molecule has 0 atom stereocenters. The lowest BCUT2D eigenvalue weighted by Gasteiger charge is -2.26. The molecule has 1 aromatic heterocycles. The van der Waals surface area contributed by atoms with Crippen LogP contribution in [-0.2, 0) is 9.59 Å². The average Bonchev–Trinajstić information content (AvgIpc) is 2.99. The molecule has 1 aliphatic rings. The lowest BCUT2D eigenvalue weighted by atomic mass is 10.2. The van der Waals surface area contributed by atoms with E-state index in [1.54, 1.807) is 4.90 Å². The summed E-state index contributed by atoms with van der Waals surface area (Å²) in [4.78, 5) is 28.8. The molecule has 0 bridgehead atoms. The Labute approximate surface area is 121 Å². The van der Waals surface area contributed by atoms with Crippen LogP contribution in [0, 0.1) is 6.92 Å². The van der Waals surface area contributed by atoms with Gasteiger partial charge in [-0.2, -0.15) is 0 Å². The van der Waals surface area contributed by atoms with Gasteiger partial charge in [-0.15, -0.1) is 11.3 Å². The normalized spacial score (nSPS) is 15.7. The largest absolute Gasteiger partial charge is 0.480 e. The zero-order valence-corrected chi connectivity index (χ0v) is 12.3. The highest BCUT2D eigenvalue weighted by molar-refractivity contribution is 7.13. The third-order valence-electron chi connectivity index (χ3n) is 3.39. The van der Waals surface area contributed by atoms with Crippen molar-refractivity contribution in [2.45, 2.75) is 38.6 Å². The number of nitrogens with zero attached hydrogens (tertiary/aromatic N) is 2. The predicted molar refractivity (Wildman–Crippen MR) is 76.9 cm³/mol. The lowest BCUT2D eigenvalue weighted by Crippen LogP contribution is -2.42. The first-order chi connectivity index (χ1) is 9.54. The fraction of sp³-hybridized carbons (Fsp3) is 0.615. The van der Waals surface area contributed by atoms with Crippen LogP contribution in [0.15, 0.2) is 5.38 Å². The molecule has 1 aromatic rings. The number of aliphatic carboxylic acids is 1.